The van der Waals surface area contributed by atoms with Crippen LogP contribution in [0.1, 0.15) is 72.8 Å². The van der Waals surface area contributed by atoms with Crippen molar-refractivity contribution >= 4 is 29.1 Å². The summed E-state index contributed by atoms with van der Waals surface area (Å²) >= 11 is 1.32. The van der Waals surface area contributed by atoms with E-state index < -0.39 is 6.04 Å². The van der Waals surface area contributed by atoms with Crippen molar-refractivity contribution in [3.63, 3.8) is 0 Å². The largest absolute Gasteiger partial charge is 0.382 e. The Morgan fingerprint density at radius 1 is 1.11 bits per heavy atom. The first-order valence-electron chi connectivity index (χ1n) is 12.6. The zero-order valence-corrected chi connectivity index (χ0v) is 21.6. The molecular weight excluding hydrogens is 462 g/mol. The van der Waals surface area contributed by atoms with E-state index in [1.807, 2.05) is 36.6 Å². The molecule has 1 atom stereocenters. The topological polar surface area (TPSA) is 87.7 Å². The van der Waals surface area contributed by atoms with Gasteiger partial charge in [0.25, 0.3) is 5.91 Å². The van der Waals surface area contributed by atoms with Crippen molar-refractivity contribution in [2.75, 3.05) is 26.3 Å². The Labute approximate surface area is 212 Å². The molecule has 0 bridgehead atoms. The van der Waals surface area contributed by atoms with Gasteiger partial charge < -0.3 is 20.3 Å². The van der Waals surface area contributed by atoms with Crippen molar-refractivity contribution in [3.05, 3.63) is 57.8 Å². The monoisotopic (exact) mass is 499 g/mol. The number of nitrogens with zero attached hydrogens (tertiary/aromatic N) is 1. The van der Waals surface area contributed by atoms with Crippen molar-refractivity contribution in [1.82, 2.24) is 15.5 Å². The molecule has 0 saturated heterocycles. The van der Waals surface area contributed by atoms with Gasteiger partial charge in [0.15, 0.2) is 0 Å². The summed E-state index contributed by atoms with van der Waals surface area (Å²) in [7, 11) is 0. The summed E-state index contributed by atoms with van der Waals surface area (Å²) in [6.07, 6.45) is 5.62. The van der Waals surface area contributed by atoms with Crippen LogP contribution < -0.4 is 10.6 Å². The number of carbonyl (C=O) groups is 3. The van der Waals surface area contributed by atoms with Gasteiger partial charge in [-0.1, -0.05) is 50.1 Å². The lowest BCUT2D eigenvalue weighted by molar-refractivity contribution is -0.140. The lowest BCUT2D eigenvalue weighted by Crippen LogP contribution is -2.49. The second-order valence-electron chi connectivity index (χ2n) is 8.79. The molecule has 1 aromatic heterocycles. The van der Waals surface area contributed by atoms with Crippen LogP contribution in [0.3, 0.4) is 0 Å². The predicted molar refractivity (Wildman–Crippen MR) is 138 cm³/mol. The van der Waals surface area contributed by atoms with Gasteiger partial charge >= 0.3 is 0 Å². The van der Waals surface area contributed by atoms with Gasteiger partial charge in [-0.25, -0.2) is 0 Å². The highest BCUT2D eigenvalue weighted by atomic mass is 32.1. The molecule has 1 aromatic carbocycles. The van der Waals surface area contributed by atoms with Gasteiger partial charge in [0.2, 0.25) is 11.8 Å². The third-order valence-corrected chi connectivity index (χ3v) is 7.19. The number of aryl methyl sites for hydroxylation is 1. The molecule has 190 valence electrons. The van der Waals surface area contributed by atoms with Crippen LogP contribution in [-0.2, 0) is 20.7 Å². The summed E-state index contributed by atoms with van der Waals surface area (Å²) in [4.78, 5) is 41.6. The minimum Gasteiger partial charge on any atom is -0.382 e. The smallest absolute Gasteiger partial charge is 0.261 e. The highest BCUT2D eigenvalue weighted by Gasteiger charge is 2.33. The summed E-state index contributed by atoms with van der Waals surface area (Å²) in [5.41, 5.74) is 1.94. The van der Waals surface area contributed by atoms with Crippen LogP contribution in [0.2, 0.25) is 0 Å². The van der Waals surface area contributed by atoms with E-state index in [1.54, 1.807) is 17.0 Å². The fraction of sp³-hybridized carbons (Fsp3) is 0.519. The maximum atomic E-state index is 13.6. The number of rotatable bonds is 13. The fourth-order valence-corrected chi connectivity index (χ4v) is 5.03. The van der Waals surface area contributed by atoms with Crippen LogP contribution in [0, 0.1) is 0 Å². The van der Waals surface area contributed by atoms with Crippen LogP contribution in [0.25, 0.3) is 0 Å². The molecule has 3 rings (SSSR count). The normalized spacial score (nSPS) is 14.5. The first kappa shape index (κ1) is 26.9. The number of hydrogen-bond donors (Lipinski definition) is 2. The average molecular weight is 500 g/mol. The van der Waals surface area contributed by atoms with Crippen molar-refractivity contribution in [3.8, 4) is 0 Å². The van der Waals surface area contributed by atoms with E-state index in [-0.39, 0.29) is 30.3 Å². The molecule has 1 aliphatic rings. The number of hydrogen-bond acceptors (Lipinski definition) is 5. The Morgan fingerprint density at radius 3 is 2.49 bits per heavy atom. The zero-order chi connectivity index (χ0) is 25.0. The van der Waals surface area contributed by atoms with E-state index in [0.29, 0.717) is 31.1 Å². The highest BCUT2D eigenvalue weighted by molar-refractivity contribution is 7.12. The van der Waals surface area contributed by atoms with Crippen LogP contribution in [0.5, 0.6) is 0 Å². The molecule has 3 amide bonds. The molecule has 2 N–H and O–H groups in total. The molecule has 0 radical (unpaired) electrons. The average Bonchev–Trinajstić information content (AvgIpc) is 3.59. The molecule has 35 heavy (non-hydrogen) atoms. The number of benzene rings is 1. The van der Waals surface area contributed by atoms with Crippen molar-refractivity contribution < 1.29 is 19.1 Å². The molecule has 0 spiro atoms. The summed E-state index contributed by atoms with van der Waals surface area (Å²) < 4.78 is 5.49. The van der Waals surface area contributed by atoms with Gasteiger partial charge in [-0.15, -0.1) is 11.3 Å². The number of ether oxygens (including phenoxy) is 1. The Morgan fingerprint density at radius 2 is 1.86 bits per heavy atom. The van der Waals surface area contributed by atoms with Gasteiger partial charge in [0, 0.05) is 25.8 Å². The molecule has 1 aliphatic carbocycles. The lowest BCUT2D eigenvalue weighted by atomic mass is 10.0. The van der Waals surface area contributed by atoms with E-state index in [2.05, 4.69) is 17.6 Å². The lowest BCUT2D eigenvalue weighted by Gasteiger charge is -2.32. The van der Waals surface area contributed by atoms with Crippen LogP contribution in [0.15, 0.2) is 41.8 Å². The summed E-state index contributed by atoms with van der Waals surface area (Å²) in [6, 6.07) is 10.8. The van der Waals surface area contributed by atoms with Crippen molar-refractivity contribution in [2.24, 2.45) is 0 Å². The Kier molecular flexibility index (Phi) is 10.8. The molecule has 0 aliphatic heterocycles. The Bertz CT molecular complexity index is 940. The fourth-order valence-electron chi connectivity index (χ4n) is 4.39. The summed E-state index contributed by atoms with van der Waals surface area (Å²) in [6.45, 7) is 5.27. The summed E-state index contributed by atoms with van der Waals surface area (Å²) in [5.74, 6) is -0.755. The van der Waals surface area contributed by atoms with E-state index in [9.17, 15) is 14.4 Å². The van der Waals surface area contributed by atoms with E-state index in [0.717, 1.165) is 37.7 Å². The van der Waals surface area contributed by atoms with Crippen LogP contribution >= 0.6 is 11.3 Å². The Balaban J connectivity index is 1.82. The van der Waals surface area contributed by atoms with Crippen LogP contribution in [-0.4, -0.2) is 55.0 Å². The second kappa shape index (κ2) is 14.0. The molecular formula is C27H37N3O4S. The van der Waals surface area contributed by atoms with Crippen molar-refractivity contribution in [1.29, 1.82) is 0 Å². The molecule has 1 heterocycles. The molecule has 1 saturated carbocycles. The number of thiophene rings is 1. The highest BCUT2D eigenvalue weighted by Crippen LogP contribution is 2.25. The molecule has 0 unspecified atom stereocenters. The minimum atomic E-state index is -0.769. The second-order valence-corrected chi connectivity index (χ2v) is 9.73. The maximum Gasteiger partial charge on any atom is 0.261 e. The maximum absolute atomic E-state index is 13.6. The SMILES string of the molecule is CCOCCCN(C(=O)CNC(=O)c1cccs1)[C@@H](C(=O)NC1CCCC1)c1ccc(CC)cc1. The number of carbonyl (C=O) groups excluding carboxylic acids is 3. The molecule has 8 heteroatoms. The number of amides is 3. The summed E-state index contributed by atoms with van der Waals surface area (Å²) in [5, 5.41) is 7.72. The predicted octanol–water partition coefficient (Wildman–Crippen LogP) is 4.10. The zero-order valence-electron chi connectivity index (χ0n) is 20.8. The first-order valence-corrected chi connectivity index (χ1v) is 13.5. The third kappa shape index (κ3) is 7.90. The van der Waals surface area contributed by atoms with Gasteiger partial charge in [-0.05, 0) is 55.2 Å². The minimum absolute atomic E-state index is 0.138. The van der Waals surface area contributed by atoms with Gasteiger partial charge in [0.05, 0.1) is 11.4 Å². The van der Waals surface area contributed by atoms with E-state index in [4.69, 9.17) is 4.74 Å². The molecule has 7 nitrogen and oxygen atoms in total. The first-order chi connectivity index (χ1) is 17.0. The van der Waals surface area contributed by atoms with Gasteiger partial charge in [-0.2, -0.15) is 0 Å². The quantitative estimate of drug-likeness (QED) is 0.406. The van der Waals surface area contributed by atoms with Crippen molar-refractivity contribution in [2.45, 2.75) is 64.5 Å². The molecule has 2 aromatic rings. The van der Waals surface area contributed by atoms with Gasteiger partial charge in [0.1, 0.15) is 6.04 Å². The van der Waals surface area contributed by atoms with Gasteiger partial charge in [-0.3, -0.25) is 14.4 Å². The standard InChI is InChI=1S/C27H37N3O4S/c1-3-20-12-14-21(15-13-20)25(27(33)29-22-9-5-6-10-22)30(16-8-17-34-4-2)24(31)19-28-26(32)23-11-7-18-35-23/h7,11-15,18,22,25H,3-6,8-10,16-17,19H2,1-2H3,(H,28,32)(H,29,33)/t25-/m1/s1. The van der Waals surface area contributed by atoms with E-state index >= 15 is 0 Å². The van der Waals surface area contributed by atoms with E-state index in [1.165, 1.54) is 16.9 Å². The molecule has 1 fully saturated rings. The Hall–Kier alpha value is -2.71. The number of nitrogens with one attached hydrogen (secondary N) is 2. The van der Waals surface area contributed by atoms with Crippen LogP contribution in [0.4, 0.5) is 0 Å². The third-order valence-electron chi connectivity index (χ3n) is 6.32.